The molecule has 2 aliphatic heterocycles. The molecule has 3 N–H and O–H groups in total. The lowest BCUT2D eigenvalue weighted by atomic mass is 10.1. The van der Waals surface area contributed by atoms with E-state index in [0.717, 1.165) is 38.3 Å². The number of benzene rings is 2. The fraction of sp³-hybridized carbons (Fsp3) is 0.462. The number of hydrogen-bond donors (Lipinski definition) is 3. The predicted octanol–water partition coefficient (Wildman–Crippen LogP) is 2.67. The maximum absolute atomic E-state index is 13.6. The van der Waals surface area contributed by atoms with Crippen LogP contribution in [-0.2, 0) is 10.0 Å². The van der Waals surface area contributed by atoms with Crippen molar-refractivity contribution in [1.82, 2.24) is 25.2 Å². The second-order valence-corrected chi connectivity index (χ2v) is 11.9. The molecule has 2 fully saturated rings. The van der Waals surface area contributed by atoms with Crippen LogP contribution in [0.5, 0.6) is 11.5 Å². The summed E-state index contributed by atoms with van der Waals surface area (Å²) in [5.74, 6) is 0.525. The number of ether oxygens (including phenoxy) is 1. The Bertz CT molecular complexity index is 1260. The quantitative estimate of drug-likeness (QED) is 0.453. The van der Waals surface area contributed by atoms with Gasteiger partial charge in [-0.05, 0) is 61.7 Å². The average molecular weight is 561 g/mol. The SMILES string of the molecule is Cc1cc(Cl)cc(Oc2ccc(C#N)cc2S(=O)(=O)N2CCC(NC(=O)NCCN3CCNCC3)CC2)c1. The third-order valence-corrected chi connectivity index (χ3v) is 8.78. The minimum atomic E-state index is -3.96. The van der Waals surface area contributed by atoms with Gasteiger partial charge in [-0.1, -0.05) is 11.6 Å². The molecule has 0 bridgehead atoms. The van der Waals surface area contributed by atoms with Gasteiger partial charge in [0.25, 0.3) is 0 Å². The Morgan fingerprint density at radius 1 is 1.16 bits per heavy atom. The highest BCUT2D eigenvalue weighted by atomic mass is 35.5. The van der Waals surface area contributed by atoms with E-state index in [1.54, 1.807) is 18.2 Å². The summed E-state index contributed by atoms with van der Waals surface area (Å²) >= 11 is 6.14. The molecule has 2 aromatic carbocycles. The number of halogens is 1. The first-order valence-corrected chi connectivity index (χ1v) is 14.5. The molecule has 0 radical (unpaired) electrons. The number of sulfonamides is 1. The van der Waals surface area contributed by atoms with Gasteiger partial charge in [0.15, 0.2) is 0 Å². The first-order chi connectivity index (χ1) is 18.2. The molecule has 4 rings (SSSR count). The van der Waals surface area contributed by atoms with Gasteiger partial charge in [0.2, 0.25) is 10.0 Å². The summed E-state index contributed by atoms with van der Waals surface area (Å²) in [6, 6.07) is 11.1. The largest absolute Gasteiger partial charge is 0.456 e. The Balaban J connectivity index is 1.36. The maximum Gasteiger partial charge on any atom is 0.315 e. The van der Waals surface area contributed by atoms with Crippen molar-refractivity contribution in [3.63, 3.8) is 0 Å². The topological polar surface area (TPSA) is 127 Å². The van der Waals surface area contributed by atoms with Gasteiger partial charge in [0.1, 0.15) is 16.4 Å². The number of piperazine rings is 1. The Labute approximate surface area is 228 Å². The molecule has 204 valence electrons. The van der Waals surface area contributed by atoms with Crippen LogP contribution in [0.25, 0.3) is 0 Å². The average Bonchev–Trinajstić information content (AvgIpc) is 2.89. The van der Waals surface area contributed by atoms with E-state index in [1.165, 1.54) is 22.5 Å². The third-order valence-electron chi connectivity index (χ3n) is 6.65. The smallest absolute Gasteiger partial charge is 0.315 e. The zero-order valence-corrected chi connectivity index (χ0v) is 22.9. The molecule has 12 heteroatoms. The minimum Gasteiger partial charge on any atom is -0.456 e. The number of carbonyl (C=O) groups is 1. The second kappa shape index (κ2) is 12.8. The van der Waals surface area contributed by atoms with E-state index in [0.29, 0.717) is 30.2 Å². The zero-order chi connectivity index (χ0) is 27.1. The van der Waals surface area contributed by atoms with Gasteiger partial charge >= 0.3 is 6.03 Å². The molecule has 2 heterocycles. The number of carbonyl (C=O) groups excluding carboxylic acids is 1. The lowest BCUT2D eigenvalue weighted by molar-refractivity contribution is 0.218. The standard InChI is InChI=1S/C26H33ClN6O4S/c1-19-14-21(27)17-23(15-19)37-24-3-2-20(18-28)16-25(24)38(35,36)33-9-4-22(5-10-33)31-26(34)30-8-13-32-11-6-29-7-12-32/h2-3,14-17,22,29H,4-13H2,1H3,(H2,30,31,34). The molecule has 2 aliphatic rings. The molecule has 0 atom stereocenters. The van der Waals surface area contributed by atoms with Crippen molar-refractivity contribution in [2.45, 2.75) is 30.7 Å². The van der Waals surface area contributed by atoms with Crippen LogP contribution in [0, 0.1) is 18.3 Å². The Kier molecular flexibility index (Phi) is 9.46. The number of nitriles is 1. The second-order valence-electron chi connectivity index (χ2n) is 9.51. The molecule has 0 aromatic heterocycles. The fourth-order valence-electron chi connectivity index (χ4n) is 4.63. The van der Waals surface area contributed by atoms with E-state index < -0.39 is 10.0 Å². The zero-order valence-electron chi connectivity index (χ0n) is 21.4. The molecule has 38 heavy (non-hydrogen) atoms. The van der Waals surface area contributed by atoms with Crippen LogP contribution in [-0.4, -0.2) is 82.1 Å². The van der Waals surface area contributed by atoms with Crippen molar-refractivity contribution < 1.29 is 17.9 Å². The van der Waals surface area contributed by atoms with Gasteiger partial charge in [-0.3, -0.25) is 4.90 Å². The number of nitrogens with zero attached hydrogens (tertiary/aromatic N) is 3. The molecule has 0 unspecified atom stereocenters. The van der Waals surface area contributed by atoms with Crippen molar-refractivity contribution in [2.75, 3.05) is 52.4 Å². The summed E-state index contributed by atoms with van der Waals surface area (Å²) in [5.41, 5.74) is 1.08. The van der Waals surface area contributed by atoms with Crippen LogP contribution in [0.1, 0.15) is 24.0 Å². The number of piperidine rings is 1. The number of hydrogen-bond acceptors (Lipinski definition) is 7. The predicted molar refractivity (Wildman–Crippen MR) is 145 cm³/mol. The van der Waals surface area contributed by atoms with Crippen LogP contribution in [0.15, 0.2) is 41.3 Å². The van der Waals surface area contributed by atoms with Gasteiger partial charge in [0, 0.05) is 63.4 Å². The number of rotatable bonds is 8. The van der Waals surface area contributed by atoms with E-state index in [2.05, 4.69) is 20.9 Å². The molecule has 10 nitrogen and oxygen atoms in total. The van der Waals surface area contributed by atoms with Crippen LogP contribution in [0.3, 0.4) is 0 Å². The summed E-state index contributed by atoms with van der Waals surface area (Å²) in [4.78, 5) is 14.6. The highest BCUT2D eigenvalue weighted by Gasteiger charge is 2.32. The van der Waals surface area contributed by atoms with E-state index in [-0.39, 0.29) is 41.4 Å². The summed E-state index contributed by atoms with van der Waals surface area (Å²) in [6.45, 7) is 7.56. The summed E-state index contributed by atoms with van der Waals surface area (Å²) < 4.78 is 34.6. The lowest BCUT2D eigenvalue weighted by Gasteiger charge is -2.32. The van der Waals surface area contributed by atoms with Crippen LogP contribution in [0.4, 0.5) is 4.79 Å². The fourth-order valence-corrected chi connectivity index (χ4v) is 6.52. The van der Waals surface area contributed by atoms with Gasteiger partial charge in [-0.25, -0.2) is 13.2 Å². The molecule has 0 saturated carbocycles. The Hall–Kier alpha value is -2.88. The highest BCUT2D eigenvalue weighted by molar-refractivity contribution is 7.89. The monoisotopic (exact) mass is 560 g/mol. The summed E-state index contributed by atoms with van der Waals surface area (Å²) in [5, 5.41) is 19.0. The van der Waals surface area contributed by atoms with Crippen molar-refractivity contribution in [1.29, 1.82) is 5.26 Å². The van der Waals surface area contributed by atoms with Crippen molar-refractivity contribution in [3.05, 3.63) is 52.5 Å². The third kappa shape index (κ3) is 7.36. The molecule has 2 amide bonds. The van der Waals surface area contributed by atoms with Gasteiger partial charge < -0.3 is 20.7 Å². The lowest BCUT2D eigenvalue weighted by Crippen LogP contribution is -2.51. The van der Waals surface area contributed by atoms with Crippen LogP contribution >= 0.6 is 11.6 Å². The van der Waals surface area contributed by atoms with Crippen molar-refractivity contribution in [3.8, 4) is 17.6 Å². The van der Waals surface area contributed by atoms with E-state index in [4.69, 9.17) is 16.3 Å². The van der Waals surface area contributed by atoms with E-state index >= 15 is 0 Å². The first kappa shape index (κ1) is 28.1. The van der Waals surface area contributed by atoms with Gasteiger partial charge in [-0.2, -0.15) is 9.57 Å². The number of amides is 2. The number of nitrogens with one attached hydrogen (secondary N) is 3. The molecule has 2 saturated heterocycles. The Morgan fingerprint density at radius 2 is 1.89 bits per heavy atom. The van der Waals surface area contributed by atoms with Crippen LogP contribution in [0.2, 0.25) is 5.02 Å². The van der Waals surface area contributed by atoms with E-state index in [9.17, 15) is 18.5 Å². The van der Waals surface area contributed by atoms with Gasteiger partial charge in [0.05, 0.1) is 11.6 Å². The highest BCUT2D eigenvalue weighted by Crippen LogP contribution is 2.34. The molecule has 0 spiro atoms. The van der Waals surface area contributed by atoms with E-state index in [1.807, 2.05) is 13.0 Å². The molecular formula is C26H33ClN6O4S. The van der Waals surface area contributed by atoms with Gasteiger partial charge in [-0.15, -0.1) is 0 Å². The normalized spacial score (nSPS) is 17.5. The van der Waals surface area contributed by atoms with Crippen LogP contribution < -0.4 is 20.7 Å². The minimum absolute atomic E-state index is 0.0776. The molecular weight excluding hydrogens is 528 g/mol. The Morgan fingerprint density at radius 3 is 2.58 bits per heavy atom. The molecule has 0 aliphatic carbocycles. The first-order valence-electron chi connectivity index (χ1n) is 12.7. The summed E-state index contributed by atoms with van der Waals surface area (Å²) in [7, 11) is -3.96. The number of aryl methyl sites for hydroxylation is 1. The molecule has 2 aromatic rings. The summed E-state index contributed by atoms with van der Waals surface area (Å²) in [6.07, 6.45) is 0.956. The maximum atomic E-state index is 13.6. The van der Waals surface area contributed by atoms with Crippen molar-refractivity contribution in [2.24, 2.45) is 0 Å². The number of urea groups is 1. The van der Waals surface area contributed by atoms with Crippen molar-refractivity contribution >= 4 is 27.7 Å².